The summed E-state index contributed by atoms with van der Waals surface area (Å²) in [5.74, 6) is -0.150. The number of benzene rings is 2. The molecule has 1 unspecified atom stereocenters. The topological polar surface area (TPSA) is 12.0 Å². The lowest BCUT2D eigenvalue weighted by molar-refractivity contribution is 0.571. The van der Waals surface area contributed by atoms with Crippen LogP contribution >= 0.6 is 0 Å². The maximum atomic E-state index is 13.4. The van der Waals surface area contributed by atoms with E-state index in [1.165, 1.54) is 11.1 Å². The van der Waals surface area contributed by atoms with Gasteiger partial charge in [0.1, 0.15) is 5.82 Å². The van der Waals surface area contributed by atoms with Gasteiger partial charge in [0.25, 0.3) is 0 Å². The molecule has 0 saturated heterocycles. The summed E-state index contributed by atoms with van der Waals surface area (Å²) in [4.78, 5) is 0. The Kier molecular flexibility index (Phi) is 4.91. The summed E-state index contributed by atoms with van der Waals surface area (Å²) in [6.45, 7) is 7.14. The largest absolute Gasteiger partial charge is 0.310 e. The first kappa shape index (κ1) is 14.7. The summed E-state index contributed by atoms with van der Waals surface area (Å²) in [6, 6.07) is 13.9. The van der Waals surface area contributed by atoms with Crippen LogP contribution in [-0.2, 0) is 0 Å². The van der Waals surface area contributed by atoms with E-state index in [9.17, 15) is 4.39 Å². The monoisotopic (exact) mass is 271 g/mol. The van der Waals surface area contributed by atoms with E-state index in [-0.39, 0.29) is 11.9 Å². The molecule has 2 rings (SSSR count). The highest BCUT2D eigenvalue weighted by Gasteiger charge is 2.11. The van der Waals surface area contributed by atoms with E-state index in [1.54, 1.807) is 13.0 Å². The minimum absolute atomic E-state index is 0.150. The summed E-state index contributed by atoms with van der Waals surface area (Å²) in [6.07, 6.45) is 1.11. The van der Waals surface area contributed by atoms with Crippen molar-refractivity contribution in [2.24, 2.45) is 0 Å². The lowest BCUT2D eigenvalue weighted by atomic mass is 9.94. The molecule has 1 atom stereocenters. The number of nitrogens with one attached hydrogen (secondary N) is 1. The number of rotatable bonds is 5. The molecule has 0 radical (unpaired) electrons. The van der Waals surface area contributed by atoms with Crippen molar-refractivity contribution in [3.63, 3.8) is 0 Å². The maximum Gasteiger partial charge on any atom is 0.126 e. The van der Waals surface area contributed by atoms with Crippen molar-refractivity contribution < 1.29 is 4.39 Å². The molecule has 106 valence electrons. The second-order valence-corrected chi connectivity index (χ2v) is 5.23. The van der Waals surface area contributed by atoms with Crippen LogP contribution in [-0.4, -0.2) is 6.54 Å². The second-order valence-electron chi connectivity index (χ2n) is 5.23. The van der Waals surface area contributed by atoms with Gasteiger partial charge in [0.2, 0.25) is 0 Å². The molecule has 0 amide bonds. The maximum absolute atomic E-state index is 13.4. The molecule has 0 aliphatic rings. The first-order valence-corrected chi connectivity index (χ1v) is 7.22. The van der Waals surface area contributed by atoms with Crippen molar-refractivity contribution in [2.45, 2.75) is 33.2 Å². The van der Waals surface area contributed by atoms with Crippen molar-refractivity contribution in [1.29, 1.82) is 0 Å². The van der Waals surface area contributed by atoms with Crippen molar-refractivity contribution in [3.05, 3.63) is 59.4 Å². The molecule has 2 aromatic rings. The van der Waals surface area contributed by atoms with Gasteiger partial charge in [-0.05, 0) is 61.2 Å². The van der Waals surface area contributed by atoms with Gasteiger partial charge in [0, 0.05) is 6.04 Å². The van der Waals surface area contributed by atoms with E-state index < -0.39 is 0 Å². The van der Waals surface area contributed by atoms with E-state index in [1.807, 2.05) is 18.2 Å². The Hall–Kier alpha value is -1.67. The average molecular weight is 271 g/mol. The molecule has 0 saturated carbocycles. The van der Waals surface area contributed by atoms with Gasteiger partial charge >= 0.3 is 0 Å². The molecule has 1 N–H and O–H groups in total. The first-order chi connectivity index (χ1) is 9.63. The number of aryl methyl sites for hydroxylation is 1. The van der Waals surface area contributed by atoms with Crippen LogP contribution in [0.1, 0.15) is 37.4 Å². The van der Waals surface area contributed by atoms with Gasteiger partial charge in [0.05, 0.1) is 0 Å². The molecule has 0 fully saturated rings. The van der Waals surface area contributed by atoms with Crippen molar-refractivity contribution in [3.8, 4) is 11.1 Å². The summed E-state index contributed by atoms with van der Waals surface area (Å²) in [5, 5.41) is 3.51. The molecule has 0 bridgehead atoms. The molecule has 0 spiro atoms. The Bertz CT molecular complexity index is 577. The SMILES string of the molecule is CCCNC(C)c1ccccc1-c1ccc(F)c(C)c1. The predicted octanol–water partition coefficient (Wildman–Crippen LogP) is 4.86. The smallest absolute Gasteiger partial charge is 0.126 e. The zero-order valence-electron chi connectivity index (χ0n) is 12.4. The Morgan fingerprint density at radius 2 is 1.90 bits per heavy atom. The number of hydrogen-bond acceptors (Lipinski definition) is 1. The number of halogens is 1. The molecular formula is C18H22FN. The van der Waals surface area contributed by atoms with E-state index in [0.717, 1.165) is 18.5 Å². The Balaban J connectivity index is 2.38. The highest BCUT2D eigenvalue weighted by molar-refractivity contribution is 5.68. The zero-order chi connectivity index (χ0) is 14.5. The van der Waals surface area contributed by atoms with Crippen molar-refractivity contribution >= 4 is 0 Å². The van der Waals surface area contributed by atoms with Gasteiger partial charge in [-0.1, -0.05) is 37.3 Å². The molecule has 0 aromatic heterocycles. The minimum atomic E-state index is -0.150. The third kappa shape index (κ3) is 3.26. The molecule has 1 nitrogen and oxygen atoms in total. The fourth-order valence-electron chi connectivity index (χ4n) is 2.42. The zero-order valence-corrected chi connectivity index (χ0v) is 12.4. The van der Waals surface area contributed by atoms with E-state index in [2.05, 4.69) is 37.4 Å². The molecule has 2 heteroatoms. The van der Waals surface area contributed by atoms with E-state index in [4.69, 9.17) is 0 Å². The number of hydrogen-bond donors (Lipinski definition) is 1. The third-order valence-corrected chi connectivity index (χ3v) is 3.60. The predicted molar refractivity (Wildman–Crippen MR) is 83.3 cm³/mol. The van der Waals surface area contributed by atoms with E-state index in [0.29, 0.717) is 5.56 Å². The highest BCUT2D eigenvalue weighted by atomic mass is 19.1. The van der Waals surface area contributed by atoms with Gasteiger partial charge in [-0.2, -0.15) is 0 Å². The van der Waals surface area contributed by atoms with Crippen LogP contribution in [0.2, 0.25) is 0 Å². The third-order valence-electron chi connectivity index (χ3n) is 3.60. The van der Waals surface area contributed by atoms with Gasteiger partial charge in [0.15, 0.2) is 0 Å². The average Bonchev–Trinajstić information content (AvgIpc) is 2.47. The van der Waals surface area contributed by atoms with Gasteiger partial charge in [-0.15, -0.1) is 0 Å². The van der Waals surface area contributed by atoms with Crippen LogP contribution in [0.5, 0.6) is 0 Å². The molecule has 0 heterocycles. The van der Waals surface area contributed by atoms with Crippen LogP contribution in [0, 0.1) is 12.7 Å². The van der Waals surface area contributed by atoms with Crippen LogP contribution in [0.3, 0.4) is 0 Å². The second kappa shape index (κ2) is 6.67. The Morgan fingerprint density at radius 1 is 1.15 bits per heavy atom. The first-order valence-electron chi connectivity index (χ1n) is 7.22. The molecular weight excluding hydrogens is 249 g/mol. The molecule has 0 aliphatic heterocycles. The normalized spacial score (nSPS) is 12.4. The Morgan fingerprint density at radius 3 is 2.60 bits per heavy atom. The van der Waals surface area contributed by atoms with Crippen molar-refractivity contribution in [1.82, 2.24) is 5.32 Å². The molecule has 2 aromatic carbocycles. The van der Waals surface area contributed by atoms with Gasteiger partial charge in [-0.3, -0.25) is 0 Å². The lowest BCUT2D eigenvalue weighted by Crippen LogP contribution is -2.19. The quantitative estimate of drug-likeness (QED) is 0.818. The van der Waals surface area contributed by atoms with Crippen LogP contribution < -0.4 is 5.32 Å². The molecule has 20 heavy (non-hydrogen) atoms. The van der Waals surface area contributed by atoms with E-state index >= 15 is 0 Å². The summed E-state index contributed by atoms with van der Waals surface area (Å²) < 4.78 is 13.4. The minimum Gasteiger partial charge on any atom is -0.310 e. The summed E-state index contributed by atoms with van der Waals surface area (Å²) in [5.41, 5.74) is 4.19. The van der Waals surface area contributed by atoms with Crippen molar-refractivity contribution in [2.75, 3.05) is 6.54 Å². The highest BCUT2D eigenvalue weighted by Crippen LogP contribution is 2.29. The fourth-order valence-corrected chi connectivity index (χ4v) is 2.42. The summed E-state index contributed by atoms with van der Waals surface area (Å²) in [7, 11) is 0. The summed E-state index contributed by atoms with van der Waals surface area (Å²) >= 11 is 0. The standard InChI is InChI=1S/C18H22FN/c1-4-11-20-14(3)16-7-5-6-8-17(16)15-9-10-18(19)13(2)12-15/h5-10,12,14,20H,4,11H2,1-3H3. The van der Waals surface area contributed by atoms with Crippen LogP contribution in [0.15, 0.2) is 42.5 Å². The Labute approximate surface area is 120 Å². The van der Waals surface area contributed by atoms with Gasteiger partial charge in [-0.25, -0.2) is 4.39 Å². The fraction of sp³-hybridized carbons (Fsp3) is 0.333. The lowest BCUT2D eigenvalue weighted by Gasteiger charge is -2.18. The van der Waals surface area contributed by atoms with Gasteiger partial charge < -0.3 is 5.32 Å². The van der Waals surface area contributed by atoms with Crippen LogP contribution in [0.25, 0.3) is 11.1 Å². The van der Waals surface area contributed by atoms with Crippen LogP contribution in [0.4, 0.5) is 4.39 Å². The molecule has 0 aliphatic carbocycles.